The summed E-state index contributed by atoms with van der Waals surface area (Å²) in [6, 6.07) is 17.1. The van der Waals surface area contributed by atoms with Crippen molar-refractivity contribution in [1.29, 1.82) is 5.26 Å². The van der Waals surface area contributed by atoms with Gasteiger partial charge in [0.15, 0.2) is 5.75 Å². The Morgan fingerprint density at radius 1 is 0.971 bits per heavy atom. The van der Waals surface area contributed by atoms with Crippen molar-refractivity contribution in [3.63, 3.8) is 0 Å². The number of ether oxygens (including phenoxy) is 2. The molecule has 0 fully saturated rings. The van der Waals surface area contributed by atoms with Crippen molar-refractivity contribution in [2.75, 3.05) is 23.1 Å². The number of hydrogen-bond donors (Lipinski definition) is 4. The van der Waals surface area contributed by atoms with Crippen molar-refractivity contribution in [2.24, 2.45) is 0 Å². The summed E-state index contributed by atoms with van der Waals surface area (Å²) in [6.07, 6.45) is 0. The molecule has 0 spiro atoms. The summed E-state index contributed by atoms with van der Waals surface area (Å²) in [5.74, 6) is 0.648. The smallest absolute Gasteiger partial charge is 0.323 e. The second-order valence-corrected chi connectivity index (χ2v) is 8.39. The first-order chi connectivity index (χ1) is 16.3. The molecular formula is C24H21BrN4O5. The van der Waals surface area contributed by atoms with Gasteiger partial charge < -0.3 is 30.5 Å². The van der Waals surface area contributed by atoms with Gasteiger partial charge in [-0.1, -0.05) is 15.9 Å². The molecule has 1 unspecified atom stereocenters. The molecule has 0 radical (unpaired) electrons. The highest BCUT2D eigenvalue weighted by atomic mass is 79.9. The van der Waals surface area contributed by atoms with Crippen LogP contribution in [0.3, 0.4) is 0 Å². The van der Waals surface area contributed by atoms with E-state index in [4.69, 9.17) is 14.7 Å². The van der Waals surface area contributed by atoms with Crippen LogP contribution in [0.25, 0.3) is 0 Å². The number of halogens is 1. The van der Waals surface area contributed by atoms with E-state index in [0.717, 1.165) is 0 Å². The number of nitrogens with zero attached hydrogens (tertiary/aromatic N) is 1. The quantitative estimate of drug-likeness (QED) is 0.240. The first-order valence-electron chi connectivity index (χ1n) is 10.0. The van der Waals surface area contributed by atoms with E-state index in [0.29, 0.717) is 22.7 Å². The maximum absolute atomic E-state index is 12.5. The van der Waals surface area contributed by atoms with Gasteiger partial charge in [0, 0.05) is 17.8 Å². The van der Waals surface area contributed by atoms with E-state index in [1.807, 2.05) is 6.07 Å². The molecule has 3 aromatic rings. The molecule has 0 aromatic heterocycles. The van der Waals surface area contributed by atoms with Crippen LogP contribution in [-0.4, -0.2) is 29.0 Å². The maximum Gasteiger partial charge on any atom is 0.323 e. The number of nitriles is 1. The number of methoxy groups -OCH3 is 1. The molecule has 0 saturated carbocycles. The topological polar surface area (TPSA) is 133 Å². The predicted octanol–water partition coefficient (Wildman–Crippen LogP) is 5.43. The number of anilines is 3. The average molecular weight is 525 g/mol. The number of phenolic OH excluding ortho intramolecular Hbond substituents is 1. The third kappa shape index (κ3) is 6.40. The number of carbonyl (C=O) groups excluding carboxylic acids is 2. The van der Waals surface area contributed by atoms with E-state index in [9.17, 15) is 14.7 Å². The van der Waals surface area contributed by atoms with E-state index in [1.54, 1.807) is 62.6 Å². The Labute approximate surface area is 204 Å². The minimum atomic E-state index is -0.624. The highest BCUT2D eigenvalue weighted by Crippen LogP contribution is 2.39. The number of hydrogen-bond acceptors (Lipinski definition) is 6. The third-order valence-corrected chi connectivity index (χ3v) is 4.94. The molecule has 0 saturated heterocycles. The summed E-state index contributed by atoms with van der Waals surface area (Å²) >= 11 is 3.20. The fourth-order valence-electron chi connectivity index (χ4n) is 2.77. The van der Waals surface area contributed by atoms with Crippen molar-refractivity contribution in [3.8, 4) is 29.1 Å². The molecule has 0 aliphatic rings. The van der Waals surface area contributed by atoms with Crippen LogP contribution in [-0.2, 0) is 4.79 Å². The number of benzene rings is 3. The summed E-state index contributed by atoms with van der Waals surface area (Å²) < 4.78 is 11.1. The Bertz CT molecular complexity index is 1220. The molecule has 3 aromatic carbocycles. The minimum absolute atomic E-state index is 0.0551. The van der Waals surface area contributed by atoms with E-state index in [-0.39, 0.29) is 28.8 Å². The fraction of sp³-hybridized carbons (Fsp3) is 0.125. The van der Waals surface area contributed by atoms with Gasteiger partial charge in [-0.2, -0.15) is 5.26 Å². The first-order valence-corrected chi connectivity index (χ1v) is 10.9. The molecule has 34 heavy (non-hydrogen) atoms. The number of amides is 3. The minimum Gasteiger partial charge on any atom is -0.506 e. The summed E-state index contributed by atoms with van der Waals surface area (Å²) in [5.41, 5.74) is 1.18. The zero-order chi connectivity index (χ0) is 24.7. The largest absolute Gasteiger partial charge is 0.506 e. The monoisotopic (exact) mass is 524 g/mol. The standard InChI is InChI=1S/C24H21BrN4O5/c1-14(25)23(31)28-20-11-21(30)19(12-22(20)34-18-9-7-17(33-2)8-10-18)29-24(32)27-16-5-3-15(13-26)4-6-16/h3-12,14,30H,1-2H3,(H,28,31)(H2,27,29,32). The Kier molecular flexibility index (Phi) is 7.95. The molecule has 0 heterocycles. The lowest BCUT2D eigenvalue weighted by Gasteiger charge is -2.17. The molecule has 9 nitrogen and oxygen atoms in total. The van der Waals surface area contributed by atoms with Crippen molar-refractivity contribution in [3.05, 3.63) is 66.2 Å². The summed E-state index contributed by atoms with van der Waals surface area (Å²) in [5, 5.41) is 27.2. The number of urea groups is 1. The van der Waals surface area contributed by atoms with Crippen LogP contribution in [0.1, 0.15) is 12.5 Å². The predicted molar refractivity (Wildman–Crippen MR) is 132 cm³/mol. The molecule has 3 amide bonds. The molecule has 0 bridgehead atoms. The van der Waals surface area contributed by atoms with Gasteiger partial charge in [-0.3, -0.25) is 4.79 Å². The van der Waals surface area contributed by atoms with Gasteiger partial charge in [0.2, 0.25) is 5.91 Å². The van der Waals surface area contributed by atoms with Crippen LogP contribution in [0.4, 0.5) is 21.9 Å². The Morgan fingerprint density at radius 3 is 2.21 bits per heavy atom. The van der Waals surface area contributed by atoms with E-state index >= 15 is 0 Å². The third-order valence-electron chi connectivity index (χ3n) is 4.52. The zero-order valence-electron chi connectivity index (χ0n) is 18.3. The SMILES string of the molecule is COc1ccc(Oc2cc(NC(=O)Nc3ccc(C#N)cc3)c(O)cc2NC(=O)C(C)Br)cc1. The number of carbonyl (C=O) groups is 2. The highest BCUT2D eigenvalue weighted by molar-refractivity contribution is 9.10. The van der Waals surface area contributed by atoms with Gasteiger partial charge in [0.25, 0.3) is 0 Å². The fourth-order valence-corrected chi connectivity index (χ4v) is 2.88. The van der Waals surface area contributed by atoms with E-state index in [2.05, 4.69) is 31.9 Å². The second-order valence-electron chi connectivity index (χ2n) is 7.02. The molecule has 174 valence electrons. The van der Waals surface area contributed by atoms with Crippen molar-refractivity contribution in [2.45, 2.75) is 11.8 Å². The van der Waals surface area contributed by atoms with Gasteiger partial charge in [-0.15, -0.1) is 0 Å². The van der Waals surface area contributed by atoms with Crippen LogP contribution in [0.15, 0.2) is 60.7 Å². The Hall–Kier alpha value is -4.23. The van der Waals surface area contributed by atoms with E-state index in [1.165, 1.54) is 12.1 Å². The lowest BCUT2D eigenvalue weighted by atomic mass is 10.2. The Morgan fingerprint density at radius 2 is 1.62 bits per heavy atom. The Balaban J connectivity index is 1.85. The van der Waals surface area contributed by atoms with Gasteiger partial charge in [0.05, 0.1) is 34.9 Å². The number of aromatic hydroxyl groups is 1. The maximum atomic E-state index is 12.5. The summed E-state index contributed by atoms with van der Waals surface area (Å²) in [7, 11) is 1.55. The number of phenols is 1. The molecule has 3 rings (SSSR count). The van der Waals surface area contributed by atoms with E-state index < -0.39 is 10.9 Å². The molecule has 0 aliphatic carbocycles. The van der Waals surface area contributed by atoms with Crippen LogP contribution < -0.4 is 25.4 Å². The van der Waals surface area contributed by atoms with Crippen molar-refractivity contribution in [1.82, 2.24) is 0 Å². The average Bonchev–Trinajstić information content (AvgIpc) is 2.82. The highest BCUT2D eigenvalue weighted by Gasteiger charge is 2.17. The molecule has 0 aliphatic heterocycles. The zero-order valence-corrected chi connectivity index (χ0v) is 19.8. The lowest BCUT2D eigenvalue weighted by Crippen LogP contribution is -2.21. The van der Waals surface area contributed by atoms with Crippen LogP contribution >= 0.6 is 15.9 Å². The van der Waals surface area contributed by atoms with Crippen molar-refractivity contribution >= 4 is 44.9 Å². The number of rotatable bonds is 7. The first kappa shape index (κ1) is 24.4. The van der Waals surface area contributed by atoms with Gasteiger partial charge in [-0.05, 0) is 55.5 Å². The van der Waals surface area contributed by atoms with Gasteiger partial charge >= 0.3 is 6.03 Å². The lowest BCUT2D eigenvalue weighted by molar-refractivity contribution is -0.115. The molecule has 1 atom stereocenters. The molecular weight excluding hydrogens is 504 g/mol. The van der Waals surface area contributed by atoms with Crippen LogP contribution in [0.2, 0.25) is 0 Å². The normalized spacial score (nSPS) is 11.0. The van der Waals surface area contributed by atoms with Gasteiger partial charge in [0.1, 0.15) is 17.2 Å². The number of alkyl halides is 1. The summed E-state index contributed by atoms with van der Waals surface area (Å²) in [6.45, 7) is 1.66. The molecule has 4 N–H and O–H groups in total. The number of nitrogens with one attached hydrogen (secondary N) is 3. The van der Waals surface area contributed by atoms with Gasteiger partial charge in [-0.25, -0.2) is 4.79 Å². The second kappa shape index (κ2) is 11.1. The van der Waals surface area contributed by atoms with Crippen LogP contribution in [0.5, 0.6) is 23.0 Å². The van der Waals surface area contributed by atoms with Crippen molar-refractivity contribution < 1.29 is 24.2 Å². The molecule has 10 heteroatoms. The van der Waals surface area contributed by atoms with Crippen LogP contribution in [0, 0.1) is 11.3 Å². The summed E-state index contributed by atoms with van der Waals surface area (Å²) in [4.78, 5) is 24.2.